The van der Waals surface area contributed by atoms with E-state index in [0.29, 0.717) is 13.1 Å². The Morgan fingerprint density at radius 2 is 1.81 bits per heavy atom. The number of aromatic carboxylic acids is 1. The van der Waals surface area contributed by atoms with Crippen molar-refractivity contribution in [2.75, 3.05) is 13.1 Å². The molecule has 0 aromatic heterocycles. The Kier molecular flexibility index (Phi) is 3.75. The van der Waals surface area contributed by atoms with Crippen LogP contribution in [0.1, 0.15) is 47.5 Å². The molecule has 2 fully saturated rings. The molecule has 1 atom stereocenters. The highest BCUT2D eigenvalue weighted by Crippen LogP contribution is 2.35. The van der Waals surface area contributed by atoms with E-state index in [9.17, 15) is 13.2 Å². The Hall–Kier alpha value is -1.40. The molecule has 1 saturated carbocycles. The largest absolute Gasteiger partial charge is 0.478 e. The van der Waals surface area contributed by atoms with E-state index in [1.54, 1.807) is 28.6 Å². The zero-order valence-corrected chi connectivity index (χ0v) is 12.6. The summed E-state index contributed by atoms with van der Waals surface area (Å²) >= 11 is 0. The van der Waals surface area contributed by atoms with Crippen molar-refractivity contribution >= 4 is 16.0 Å². The molecule has 0 spiro atoms. The highest BCUT2D eigenvalue weighted by atomic mass is 32.2. The number of rotatable bonds is 4. The van der Waals surface area contributed by atoms with Gasteiger partial charge in [-0.3, -0.25) is 0 Å². The van der Waals surface area contributed by atoms with Crippen LogP contribution >= 0.6 is 0 Å². The van der Waals surface area contributed by atoms with Crippen LogP contribution in [-0.2, 0) is 10.0 Å². The van der Waals surface area contributed by atoms with E-state index in [2.05, 4.69) is 0 Å². The first-order valence-electron chi connectivity index (χ1n) is 7.30. The first-order chi connectivity index (χ1) is 9.98. The lowest BCUT2D eigenvalue weighted by molar-refractivity contribution is 0.0697. The van der Waals surface area contributed by atoms with Crippen LogP contribution in [0.5, 0.6) is 0 Å². The molecule has 2 aliphatic rings. The molecular formula is C15H19NO4S. The van der Waals surface area contributed by atoms with E-state index in [0.717, 1.165) is 31.2 Å². The summed E-state index contributed by atoms with van der Waals surface area (Å²) in [6, 6.07) is 6.79. The van der Waals surface area contributed by atoms with E-state index in [1.165, 1.54) is 0 Å². The third kappa shape index (κ3) is 2.96. The van der Waals surface area contributed by atoms with Gasteiger partial charge < -0.3 is 5.11 Å². The normalized spacial score (nSPS) is 23.9. The van der Waals surface area contributed by atoms with Crippen molar-refractivity contribution in [3.05, 3.63) is 35.4 Å². The average molecular weight is 309 g/mol. The van der Waals surface area contributed by atoms with Crippen molar-refractivity contribution < 1.29 is 18.3 Å². The molecule has 21 heavy (non-hydrogen) atoms. The topological polar surface area (TPSA) is 74.7 Å². The SMILES string of the molecule is O=C(O)c1ccc([C@@H]2CCCN(S(=O)(=O)C3CC3)C2)cc1. The zero-order chi connectivity index (χ0) is 15.0. The van der Waals surface area contributed by atoms with Crippen LogP contribution in [0, 0.1) is 0 Å². The summed E-state index contributed by atoms with van der Waals surface area (Å²) in [7, 11) is -3.11. The Balaban J connectivity index is 1.75. The van der Waals surface area contributed by atoms with Gasteiger partial charge in [0, 0.05) is 13.1 Å². The number of piperidine rings is 1. The van der Waals surface area contributed by atoms with Crippen LogP contribution in [0.3, 0.4) is 0 Å². The number of carboxylic acid groups (broad SMARTS) is 1. The van der Waals surface area contributed by atoms with Crippen molar-refractivity contribution in [2.24, 2.45) is 0 Å². The molecule has 6 heteroatoms. The van der Waals surface area contributed by atoms with E-state index in [4.69, 9.17) is 5.11 Å². The third-order valence-corrected chi connectivity index (χ3v) is 6.68. The molecule has 1 aromatic rings. The van der Waals surface area contributed by atoms with Crippen molar-refractivity contribution in [3.8, 4) is 0 Å². The number of benzene rings is 1. The van der Waals surface area contributed by atoms with Gasteiger partial charge in [0.05, 0.1) is 10.8 Å². The number of hydrogen-bond donors (Lipinski definition) is 1. The summed E-state index contributed by atoms with van der Waals surface area (Å²) in [5.41, 5.74) is 1.28. The van der Waals surface area contributed by atoms with Crippen LogP contribution in [0.15, 0.2) is 24.3 Å². The second-order valence-electron chi connectivity index (χ2n) is 5.87. The second-order valence-corrected chi connectivity index (χ2v) is 8.08. The summed E-state index contributed by atoms with van der Waals surface area (Å²) in [4.78, 5) is 10.9. The summed E-state index contributed by atoms with van der Waals surface area (Å²) in [5.74, 6) is -0.779. The smallest absolute Gasteiger partial charge is 0.335 e. The van der Waals surface area contributed by atoms with Crippen LogP contribution < -0.4 is 0 Å². The Morgan fingerprint density at radius 3 is 2.38 bits per heavy atom. The van der Waals surface area contributed by atoms with Gasteiger partial charge in [-0.2, -0.15) is 0 Å². The molecule has 0 bridgehead atoms. The molecular weight excluding hydrogens is 290 g/mol. The summed E-state index contributed by atoms with van der Waals surface area (Å²) < 4.78 is 26.3. The van der Waals surface area contributed by atoms with Crippen LogP contribution in [0.2, 0.25) is 0 Å². The Morgan fingerprint density at radius 1 is 1.14 bits per heavy atom. The Labute approximate surface area is 124 Å². The molecule has 3 rings (SSSR count). The van der Waals surface area contributed by atoms with Gasteiger partial charge in [-0.15, -0.1) is 0 Å². The van der Waals surface area contributed by atoms with Gasteiger partial charge in [0.2, 0.25) is 10.0 Å². The minimum atomic E-state index is -3.11. The maximum absolute atomic E-state index is 12.3. The van der Waals surface area contributed by atoms with E-state index in [-0.39, 0.29) is 16.7 Å². The first kappa shape index (κ1) is 14.5. The van der Waals surface area contributed by atoms with Crippen LogP contribution in [-0.4, -0.2) is 42.1 Å². The van der Waals surface area contributed by atoms with Gasteiger partial charge in [-0.05, 0) is 49.3 Å². The fourth-order valence-corrected chi connectivity index (χ4v) is 4.84. The lowest BCUT2D eigenvalue weighted by Gasteiger charge is -2.32. The number of hydrogen-bond acceptors (Lipinski definition) is 3. The fraction of sp³-hybridized carbons (Fsp3) is 0.533. The van der Waals surface area contributed by atoms with Gasteiger partial charge in [0.1, 0.15) is 0 Å². The number of carboxylic acids is 1. The van der Waals surface area contributed by atoms with Crippen LogP contribution in [0.4, 0.5) is 0 Å². The third-order valence-electron chi connectivity index (χ3n) is 4.32. The molecule has 1 N–H and O–H groups in total. The lowest BCUT2D eigenvalue weighted by atomic mass is 9.91. The average Bonchev–Trinajstić information content (AvgIpc) is 3.32. The zero-order valence-electron chi connectivity index (χ0n) is 11.7. The van der Waals surface area contributed by atoms with Gasteiger partial charge in [-0.1, -0.05) is 12.1 Å². The second kappa shape index (κ2) is 5.42. The minimum Gasteiger partial charge on any atom is -0.478 e. The first-order valence-corrected chi connectivity index (χ1v) is 8.81. The van der Waals surface area contributed by atoms with Crippen molar-refractivity contribution in [1.82, 2.24) is 4.31 Å². The predicted octanol–water partition coefficient (Wildman–Crippen LogP) is 2.06. The highest BCUT2D eigenvalue weighted by Gasteiger charge is 2.41. The number of sulfonamides is 1. The monoisotopic (exact) mass is 309 g/mol. The quantitative estimate of drug-likeness (QED) is 0.924. The maximum atomic E-state index is 12.3. The van der Waals surface area contributed by atoms with Gasteiger partial charge >= 0.3 is 5.97 Å². The molecule has 0 amide bonds. The molecule has 5 nitrogen and oxygen atoms in total. The predicted molar refractivity (Wildman–Crippen MR) is 78.9 cm³/mol. The van der Waals surface area contributed by atoms with Gasteiger partial charge in [-0.25, -0.2) is 17.5 Å². The van der Waals surface area contributed by atoms with E-state index in [1.807, 2.05) is 0 Å². The molecule has 1 heterocycles. The van der Waals surface area contributed by atoms with Gasteiger partial charge in [0.15, 0.2) is 0 Å². The molecule has 1 aliphatic carbocycles. The molecule has 0 radical (unpaired) electrons. The highest BCUT2D eigenvalue weighted by molar-refractivity contribution is 7.90. The van der Waals surface area contributed by atoms with Gasteiger partial charge in [0.25, 0.3) is 0 Å². The summed E-state index contributed by atoms with van der Waals surface area (Å²) in [5, 5.41) is 8.75. The van der Waals surface area contributed by atoms with Crippen LogP contribution in [0.25, 0.3) is 0 Å². The molecule has 114 valence electrons. The number of carbonyl (C=O) groups is 1. The molecule has 1 saturated heterocycles. The van der Waals surface area contributed by atoms with E-state index < -0.39 is 16.0 Å². The summed E-state index contributed by atoms with van der Waals surface area (Å²) in [6.07, 6.45) is 3.38. The number of nitrogens with zero attached hydrogens (tertiary/aromatic N) is 1. The summed E-state index contributed by atoms with van der Waals surface area (Å²) in [6.45, 7) is 1.13. The Bertz CT molecular complexity index is 634. The minimum absolute atomic E-state index is 0.161. The van der Waals surface area contributed by atoms with Crippen molar-refractivity contribution in [1.29, 1.82) is 0 Å². The molecule has 1 aliphatic heterocycles. The molecule has 0 unspecified atom stereocenters. The van der Waals surface area contributed by atoms with Crippen molar-refractivity contribution in [3.63, 3.8) is 0 Å². The van der Waals surface area contributed by atoms with E-state index >= 15 is 0 Å². The fourth-order valence-electron chi connectivity index (χ4n) is 2.92. The molecule has 1 aromatic carbocycles. The standard InChI is InChI=1S/C15H19NO4S/c17-15(18)12-5-3-11(4-6-12)13-2-1-9-16(10-13)21(19,20)14-7-8-14/h3-6,13-14H,1-2,7-10H2,(H,17,18)/t13-/m1/s1. The maximum Gasteiger partial charge on any atom is 0.335 e. The van der Waals surface area contributed by atoms with Crippen molar-refractivity contribution in [2.45, 2.75) is 36.9 Å². The lowest BCUT2D eigenvalue weighted by Crippen LogP contribution is -2.40.